The Morgan fingerprint density at radius 3 is 1.52 bits per heavy atom. The van der Waals surface area contributed by atoms with Gasteiger partial charge in [-0.2, -0.15) is 10.1 Å². The zero-order valence-corrected chi connectivity index (χ0v) is 24.5. The van der Waals surface area contributed by atoms with E-state index in [1.165, 1.54) is 22.3 Å². The van der Waals surface area contributed by atoms with Crippen molar-refractivity contribution in [3.05, 3.63) is 130 Å². The van der Waals surface area contributed by atoms with Crippen molar-refractivity contribution in [2.24, 2.45) is 0 Å². The normalized spacial score (nSPS) is 26.9. The lowest BCUT2D eigenvalue weighted by atomic mass is 9.86. The van der Waals surface area contributed by atoms with E-state index in [1.807, 2.05) is 73.0 Å². The molecule has 6 nitrogen and oxygen atoms in total. The van der Waals surface area contributed by atoms with Crippen LogP contribution in [0, 0.1) is 6.92 Å². The van der Waals surface area contributed by atoms with E-state index in [0.29, 0.717) is 0 Å². The predicted molar refractivity (Wildman–Crippen MR) is 158 cm³/mol. The van der Waals surface area contributed by atoms with Gasteiger partial charge >= 0.3 is 0 Å². The highest BCUT2D eigenvalue weighted by atomic mass is 35.5. The monoisotopic (exact) mass is 556 g/mol. The van der Waals surface area contributed by atoms with Gasteiger partial charge in [0, 0.05) is 56.7 Å². The maximum atomic E-state index is 6.06. The minimum atomic E-state index is -0.168. The van der Waals surface area contributed by atoms with E-state index >= 15 is 0 Å². The molecule has 2 aromatic carbocycles. The lowest BCUT2D eigenvalue weighted by molar-refractivity contribution is -0.169. The molecule has 2 fully saturated rings. The number of halogens is 1. The fourth-order valence-corrected chi connectivity index (χ4v) is 5.57. The van der Waals surface area contributed by atoms with Crippen LogP contribution in [-0.4, -0.2) is 34.2 Å². The Bertz CT molecular complexity index is 1280. The molecule has 2 saturated heterocycles. The van der Waals surface area contributed by atoms with Crippen molar-refractivity contribution >= 4 is 11.6 Å². The Kier molecular flexibility index (Phi) is 8.36. The average Bonchev–Trinajstić information content (AvgIpc) is 3.46. The smallest absolute Gasteiger partial charge is 0.106 e. The van der Waals surface area contributed by atoms with Crippen LogP contribution in [0.1, 0.15) is 66.7 Å². The molecule has 0 bridgehead atoms. The first-order valence-corrected chi connectivity index (χ1v) is 14.0. The topological polar surface area (TPSA) is 50.7 Å². The lowest BCUT2D eigenvalue weighted by Gasteiger charge is -2.29. The summed E-state index contributed by atoms with van der Waals surface area (Å²) < 4.78 is 0. The van der Waals surface area contributed by atoms with Crippen molar-refractivity contribution in [3.63, 3.8) is 0 Å². The minimum absolute atomic E-state index is 0.0440. The molecule has 0 aliphatic carbocycles. The highest BCUT2D eigenvalue weighted by Crippen LogP contribution is 2.46. The van der Waals surface area contributed by atoms with Gasteiger partial charge in [-0.1, -0.05) is 65.7 Å². The molecule has 0 amide bonds. The SMILES string of the molecule is CN1OC(c2ccc(Cl)cc2)CC1(C)c1cccnc1.Cc1ccc(C2CC(C)(c3cccnc3)N(C)O2)cc1. The van der Waals surface area contributed by atoms with E-state index in [0.717, 1.165) is 23.4 Å². The lowest BCUT2D eigenvalue weighted by Crippen LogP contribution is -2.34. The number of hydroxylamine groups is 4. The van der Waals surface area contributed by atoms with Crippen LogP contribution in [0.5, 0.6) is 0 Å². The Hall–Kier alpha value is -3.13. The highest BCUT2D eigenvalue weighted by molar-refractivity contribution is 6.30. The number of benzene rings is 2. The highest BCUT2D eigenvalue weighted by Gasteiger charge is 2.44. The molecule has 4 heterocycles. The summed E-state index contributed by atoms with van der Waals surface area (Å²) >= 11 is 5.94. The zero-order valence-electron chi connectivity index (χ0n) is 23.8. The van der Waals surface area contributed by atoms with Gasteiger partial charge in [-0.05, 0) is 67.3 Å². The summed E-state index contributed by atoms with van der Waals surface area (Å²) in [6.07, 6.45) is 9.39. The van der Waals surface area contributed by atoms with Gasteiger partial charge in [0.15, 0.2) is 0 Å². The van der Waals surface area contributed by atoms with Gasteiger partial charge in [-0.3, -0.25) is 19.6 Å². The number of hydrogen-bond donors (Lipinski definition) is 0. The summed E-state index contributed by atoms with van der Waals surface area (Å²) in [6.45, 7) is 6.49. The fourth-order valence-electron chi connectivity index (χ4n) is 5.45. The molecule has 6 rings (SSSR count). The first-order valence-electron chi connectivity index (χ1n) is 13.6. The third-order valence-electron chi connectivity index (χ3n) is 8.38. The molecule has 0 saturated carbocycles. The maximum absolute atomic E-state index is 6.06. The minimum Gasteiger partial charge on any atom is -0.290 e. The van der Waals surface area contributed by atoms with Crippen molar-refractivity contribution in [1.82, 2.24) is 20.1 Å². The van der Waals surface area contributed by atoms with Crippen LogP contribution < -0.4 is 0 Å². The summed E-state index contributed by atoms with van der Waals surface area (Å²) in [5.41, 5.74) is 5.71. The molecule has 4 atom stereocenters. The molecule has 0 radical (unpaired) electrons. The van der Waals surface area contributed by atoms with Crippen LogP contribution in [-0.2, 0) is 20.8 Å². The van der Waals surface area contributed by atoms with Crippen molar-refractivity contribution in [3.8, 4) is 0 Å². The molecular formula is C33H37ClN4O2. The van der Waals surface area contributed by atoms with E-state index in [9.17, 15) is 0 Å². The molecule has 7 heteroatoms. The predicted octanol–water partition coefficient (Wildman–Crippen LogP) is 7.57. The van der Waals surface area contributed by atoms with Gasteiger partial charge in [0.25, 0.3) is 0 Å². The van der Waals surface area contributed by atoms with E-state index in [-0.39, 0.29) is 23.3 Å². The number of pyridine rings is 2. The molecule has 2 aliphatic heterocycles. The van der Waals surface area contributed by atoms with Crippen LogP contribution in [0.3, 0.4) is 0 Å². The van der Waals surface area contributed by atoms with Crippen LogP contribution >= 0.6 is 11.6 Å². The molecule has 0 spiro atoms. The summed E-state index contributed by atoms with van der Waals surface area (Å²) in [5, 5.41) is 4.65. The van der Waals surface area contributed by atoms with Gasteiger partial charge in [-0.15, -0.1) is 0 Å². The summed E-state index contributed by atoms with van der Waals surface area (Å²) in [6, 6.07) is 24.6. The molecule has 2 aromatic heterocycles. The van der Waals surface area contributed by atoms with E-state index in [1.54, 1.807) is 12.4 Å². The second-order valence-electron chi connectivity index (χ2n) is 11.1. The molecule has 40 heavy (non-hydrogen) atoms. The Morgan fingerprint density at radius 1 is 0.700 bits per heavy atom. The molecule has 2 aliphatic rings. The van der Waals surface area contributed by atoms with Crippen molar-refractivity contribution < 1.29 is 9.68 Å². The molecule has 4 unspecified atom stereocenters. The number of hydrogen-bond acceptors (Lipinski definition) is 6. The van der Waals surface area contributed by atoms with Gasteiger partial charge in [-0.25, -0.2) is 0 Å². The summed E-state index contributed by atoms with van der Waals surface area (Å²) in [5.74, 6) is 0. The Balaban J connectivity index is 0.000000161. The van der Waals surface area contributed by atoms with Crippen LogP contribution in [0.4, 0.5) is 0 Å². The van der Waals surface area contributed by atoms with Crippen LogP contribution in [0.25, 0.3) is 0 Å². The van der Waals surface area contributed by atoms with Gasteiger partial charge < -0.3 is 0 Å². The van der Waals surface area contributed by atoms with E-state index in [4.69, 9.17) is 21.3 Å². The summed E-state index contributed by atoms with van der Waals surface area (Å²) in [7, 11) is 3.98. The van der Waals surface area contributed by atoms with Gasteiger partial charge in [0.1, 0.15) is 12.2 Å². The standard InChI is InChI=1S/C17H20N2O.C16H17ClN2O/c1-13-6-8-14(9-7-13)16-11-17(2,19(3)20-16)15-5-4-10-18-12-15;1-16(13-4-3-9-18-11-13)10-15(20-19(16)2)12-5-7-14(17)8-6-12/h4-10,12,16H,11H2,1-3H3;3-9,11,15H,10H2,1-2H3. The van der Waals surface area contributed by atoms with E-state index < -0.39 is 0 Å². The first kappa shape index (κ1) is 28.4. The number of aromatic nitrogens is 2. The molecular weight excluding hydrogens is 520 g/mol. The average molecular weight is 557 g/mol. The van der Waals surface area contributed by atoms with Gasteiger partial charge in [0.05, 0.1) is 11.1 Å². The Labute approximate surface area is 242 Å². The van der Waals surface area contributed by atoms with E-state index in [2.05, 4.69) is 67.1 Å². The number of aryl methyl sites for hydroxylation is 1. The second-order valence-corrected chi connectivity index (χ2v) is 11.5. The first-order chi connectivity index (χ1) is 19.2. The Morgan fingerprint density at radius 2 is 1.12 bits per heavy atom. The molecule has 4 aromatic rings. The van der Waals surface area contributed by atoms with Crippen LogP contribution in [0.2, 0.25) is 5.02 Å². The molecule has 0 N–H and O–H groups in total. The second kappa shape index (κ2) is 11.8. The largest absolute Gasteiger partial charge is 0.290 e. The fraction of sp³-hybridized carbons (Fsp3) is 0.333. The van der Waals surface area contributed by atoms with Gasteiger partial charge in [0.2, 0.25) is 0 Å². The third-order valence-corrected chi connectivity index (χ3v) is 8.64. The molecule has 208 valence electrons. The zero-order chi connectivity index (χ0) is 28.3. The quantitative estimate of drug-likeness (QED) is 0.258. The number of nitrogens with zero attached hydrogens (tertiary/aromatic N) is 4. The maximum Gasteiger partial charge on any atom is 0.106 e. The number of rotatable bonds is 4. The summed E-state index contributed by atoms with van der Waals surface area (Å²) in [4.78, 5) is 20.5. The van der Waals surface area contributed by atoms with Crippen LogP contribution in [0.15, 0.2) is 97.6 Å². The van der Waals surface area contributed by atoms with Crippen molar-refractivity contribution in [2.75, 3.05) is 14.1 Å². The third kappa shape index (κ3) is 5.82. The van der Waals surface area contributed by atoms with Crippen molar-refractivity contribution in [1.29, 1.82) is 0 Å². The van der Waals surface area contributed by atoms with Crippen molar-refractivity contribution in [2.45, 2.75) is 56.9 Å².